The largest absolute Gasteiger partial charge is 0.383 e. The molecule has 0 N–H and O–H groups in total. The average molecular weight is 274 g/mol. The zero-order valence-corrected chi connectivity index (χ0v) is 11.0. The van der Waals surface area contributed by atoms with Crippen molar-refractivity contribution >= 4 is 17.5 Å². The zero-order chi connectivity index (χ0) is 14.1. The van der Waals surface area contributed by atoms with Crippen molar-refractivity contribution in [3.63, 3.8) is 0 Å². The van der Waals surface area contributed by atoms with Gasteiger partial charge in [0.25, 0.3) is 11.8 Å². The third-order valence-electron chi connectivity index (χ3n) is 3.41. The molecule has 1 aromatic rings. The summed E-state index contributed by atoms with van der Waals surface area (Å²) in [6.45, 7) is 0.568. The normalized spacial score (nSPS) is 24.6. The first kappa shape index (κ1) is 12.7. The molecule has 0 spiro atoms. The van der Waals surface area contributed by atoms with Crippen molar-refractivity contribution in [1.29, 1.82) is 0 Å². The predicted molar refractivity (Wildman–Crippen MR) is 69.9 cm³/mol. The molecule has 2 heterocycles. The Labute approximate surface area is 115 Å². The molecule has 1 saturated heterocycles. The van der Waals surface area contributed by atoms with Gasteiger partial charge in [-0.1, -0.05) is 23.4 Å². The van der Waals surface area contributed by atoms with Gasteiger partial charge in [0.05, 0.1) is 18.8 Å². The molecule has 0 aromatic heterocycles. The summed E-state index contributed by atoms with van der Waals surface area (Å²) >= 11 is 0. The van der Waals surface area contributed by atoms with Crippen LogP contribution in [0.25, 0.3) is 0 Å². The van der Waals surface area contributed by atoms with Gasteiger partial charge in [0.15, 0.2) is 12.1 Å². The molecule has 7 nitrogen and oxygen atoms in total. The number of para-hydroxylation sites is 1. The van der Waals surface area contributed by atoms with Gasteiger partial charge < -0.3 is 4.74 Å². The molecule has 2 amide bonds. The number of hydrogen-bond acceptors (Lipinski definition) is 6. The molecule has 2 unspecified atom stereocenters. The number of anilines is 1. The van der Waals surface area contributed by atoms with Gasteiger partial charge in [-0.2, -0.15) is 5.11 Å². The van der Waals surface area contributed by atoms with Crippen LogP contribution >= 0.6 is 0 Å². The number of fused-ring (bicyclic) bond motifs is 1. The van der Waals surface area contributed by atoms with Crippen molar-refractivity contribution in [2.75, 3.05) is 25.3 Å². The van der Waals surface area contributed by atoms with E-state index in [0.29, 0.717) is 6.61 Å². The quantitative estimate of drug-likeness (QED) is 0.755. The third kappa shape index (κ3) is 1.87. The van der Waals surface area contributed by atoms with E-state index in [9.17, 15) is 9.59 Å². The molecule has 2 aliphatic heterocycles. The van der Waals surface area contributed by atoms with Crippen LogP contribution in [0, 0.1) is 0 Å². The molecule has 0 saturated carbocycles. The first-order valence-corrected chi connectivity index (χ1v) is 6.33. The molecular weight excluding hydrogens is 260 g/mol. The highest BCUT2D eigenvalue weighted by atomic mass is 16.5. The molecule has 1 aromatic carbocycles. The summed E-state index contributed by atoms with van der Waals surface area (Å²) in [4.78, 5) is 25.7. The van der Waals surface area contributed by atoms with E-state index in [1.54, 1.807) is 0 Å². The number of likely N-dealkylation sites (tertiary alicyclic amines) is 1. The van der Waals surface area contributed by atoms with Crippen LogP contribution in [0.15, 0.2) is 40.7 Å². The zero-order valence-electron chi connectivity index (χ0n) is 11.0. The van der Waals surface area contributed by atoms with Crippen LogP contribution in [-0.4, -0.2) is 49.1 Å². The molecule has 0 bridgehead atoms. The molecule has 0 aliphatic carbocycles. The summed E-state index contributed by atoms with van der Waals surface area (Å²) in [5.41, 5.74) is 0.749. The standard InChI is InChI=1S/C13H14N4O3/c1-20-8-7-16-12(18)10-11(13(16)19)17(15-14-10)9-5-3-2-4-6-9/h2-6,10-11H,7-8H2,1H3. The van der Waals surface area contributed by atoms with Crippen molar-refractivity contribution in [3.8, 4) is 0 Å². The number of amides is 2. The molecular formula is C13H14N4O3. The summed E-state index contributed by atoms with van der Waals surface area (Å²) < 4.78 is 4.92. The van der Waals surface area contributed by atoms with E-state index in [1.165, 1.54) is 17.0 Å². The van der Waals surface area contributed by atoms with Crippen molar-refractivity contribution in [1.82, 2.24) is 4.90 Å². The maximum absolute atomic E-state index is 12.4. The summed E-state index contributed by atoms with van der Waals surface area (Å²) in [5, 5.41) is 9.42. The third-order valence-corrected chi connectivity index (χ3v) is 3.41. The maximum Gasteiger partial charge on any atom is 0.258 e. The number of rotatable bonds is 4. The van der Waals surface area contributed by atoms with Gasteiger partial charge in [-0.05, 0) is 12.1 Å². The van der Waals surface area contributed by atoms with Crippen LogP contribution in [0.5, 0.6) is 0 Å². The van der Waals surface area contributed by atoms with Gasteiger partial charge in [0.1, 0.15) is 0 Å². The monoisotopic (exact) mass is 274 g/mol. The lowest BCUT2D eigenvalue weighted by Gasteiger charge is -2.20. The second kappa shape index (κ2) is 5.01. The fourth-order valence-corrected chi connectivity index (χ4v) is 2.41. The molecule has 20 heavy (non-hydrogen) atoms. The Hall–Kier alpha value is -2.28. The van der Waals surface area contributed by atoms with E-state index < -0.39 is 12.1 Å². The van der Waals surface area contributed by atoms with Crippen LogP contribution in [0.3, 0.4) is 0 Å². The Bertz CT molecular complexity index is 560. The van der Waals surface area contributed by atoms with E-state index in [2.05, 4.69) is 10.3 Å². The highest BCUT2D eigenvalue weighted by molar-refractivity contribution is 6.11. The minimum Gasteiger partial charge on any atom is -0.383 e. The predicted octanol–water partition coefficient (Wildman–Crippen LogP) is 0.626. The minimum atomic E-state index is -0.737. The summed E-state index contributed by atoms with van der Waals surface area (Å²) in [6.07, 6.45) is 0. The topological polar surface area (TPSA) is 74.6 Å². The lowest BCUT2D eigenvalue weighted by Crippen LogP contribution is -2.40. The molecule has 104 valence electrons. The number of ether oxygens (including phenoxy) is 1. The number of benzene rings is 1. The van der Waals surface area contributed by atoms with Gasteiger partial charge in [-0.25, -0.2) is 5.01 Å². The second-order valence-electron chi connectivity index (χ2n) is 4.60. The Morgan fingerprint density at radius 1 is 1.20 bits per heavy atom. The first-order chi connectivity index (χ1) is 9.74. The lowest BCUT2D eigenvalue weighted by molar-refractivity contribution is -0.139. The van der Waals surface area contributed by atoms with Gasteiger partial charge in [-0.15, -0.1) is 0 Å². The van der Waals surface area contributed by atoms with Crippen LogP contribution < -0.4 is 5.01 Å². The first-order valence-electron chi connectivity index (χ1n) is 6.33. The Morgan fingerprint density at radius 2 is 1.95 bits per heavy atom. The fourth-order valence-electron chi connectivity index (χ4n) is 2.41. The highest BCUT2D eigenvalue weighted by Gasteiger charge is 2.54. The summed E-state index contributed by atoms with van der Waals surface area (Å²) in [7, 11) is 1.53. The Balaban J connectivity index is 1.85. The molecule has 7 heteroatoms. The molecule has 2 aliphatic rings. The number of carbonyl (C=O) groups excluding carboxylic acids is 2. The smallest absolute Gasteiger partial charge is 0.258 e. The molecule has 2 atom stereocenters. The van der Waals surface area contributed by atoms with Crippen LogP contribution in [-0.2, 0) is 14.3 Å². The fraction of sp³-hybridized carbons (Fsp3) is 0.385. The van der Waals surface area contributed by atoms with E-state index >= 15 is 0 Å². The Morgan fingerprint density at radius 3 is 2.65 bits per heavy atom. The van der Waals surface area contributed by atoms with E-state index in [4.69, 9.17) is 4.74 Å². The second-order valence-corrected chi connectivity index (χ2v) is 4.60. The van der Waals surface area contributed by atoms with Gasteiger partial charge in [0.2, 0.25) is 0 Å². The SMILES string of the molecule is COCCN1C(=O)C2N=NN(c3ccccc3)C2C1=O. The van der Waals surface area contributed by atoms with E-state index in [1.807, 2.05) is 30.3 Å². The van der Waals surface area contributed by atoms with Crippen LogP contribution in [0.2, 0.25) is 0 Å². The summed E-state index contributed by atoms with van der Waals surface area (Å²) in [6, 6.07) is 7.83. The number of hydrogen-bond donors (Lipinski definition) is 0. The molecule has 1 fully saturated rings. The van der Waals surface area contributed by atoms with Crippen molar-refractivity contribution in [2.45, 2.75) is 12.1 Å². The summed E-state index contributed by atoms with van der Waals surface area (Å²) in [5.74, 6) is -0.579. The number of nitrogens with zero attached hydrogens (tertiary/aromatic N) is 4. The molecule has 0 radical (unpaired) electrons. The van der Waals surface area contributed by atoms with Crippen LogP contribution in [0.4, 0.5) is 5.69 Å². The molecule has 3 rings (SSSR count). The van der Waals surface area contributed by atoms with Crippen LogP contribution in [0.1, 0.15) is 0 Å². The van der Waals surface area contributed by atoms with E-state index in [-0.39, 0.29) is 18.4 Å². The van der Waals surface area contributed by atoms with Crippen molar-refractivity contribution < 1.29 is 14.3 Å². The van der Waals surface area contributed by atoms with E-state index in [0.717, 1.165) is 5.69 Å². The number of imide groups is 1. The van der Waals surface area contributed by atoms with Gasteiger partial charge in [-0.3, -0.25) is 14.5 Å². The maximum atomic E-state index is 12.4. The van der Waals surface area contributed by atoms with Gasteiger partial charge >= 0.3 is 0 Å². The number of methoxy groups -OCH3 is 1. The van der Waals surface area contributed by atoms with Crippen molar-refractivity contribution in [2.24, 2.45) is 10.3 Å². The Kier molecular flexibility index (Phi) is 3.19. The number of carbonyl (C=O) groups is 2. The minimum absolute atomic E-state index is 0.249. The average Bonchev–Trinajstić information content (AvgIpc) is 3.01. The van der Waals surface area contributed by atoms with Crippen molar-refractivity contribution in [3.05, 3.63) is 30.3 Å². The van der Waals surface area contributed by atoms with Gasteiger partial charge in [0, 0.05) is 7.11 Å². The lowest BCUT2D eigenvalue weighted by atomic mass is 10.1. The highest BCUT2D eigenvalue weighted by Crippen LogP contribution is 2.31.